The first-order chi connectivity index (χ1) is 11.6. The Bertz CT molecular complexity index is 613. The van der Waals surface area contributed by atoms with Gasteiger partial charge in [0.05, 0.1) is 12.1 Å². The molecule has 128 valence electrons. The number of hydrogen-bond donors (Lipinski definition) is 0. The Kier molecular flexibility index (Phi) is 5.03. The summed E-state index contributed by atoms with van der Waals surface area (Å²) >= 11 is 0. The lowest BCUT2D eigenvalue weighted by molar-refractivity contribution is -0.134. The number of benzene rings is 1. The highest BCUT2D eigenvalue weighted by Crippen LogP contribution is 2.39. The minimum atomic E-state index is -0.0208. The van der Waals surface area contributed by atoms with Gasteiger partial charge in [0, 0.05) is 25.9 Å². The summed E-state index contributed by atoms with van der Waals surface area (Å²) in [4.78, 5) is 28.7. The highest BCUT2D eigenvalue weighted by Gasteiger charge is 2.47. The van der Waals surface area contributed by atoms with Gasteiger partial charge in [-0.2, -0.15) is 0 Å². The average Bonchev–Trinajstić information content (AvgIpc) is 2.93. The molecule has 2 saturated heterocycles. The summed E-state index contributed by atoms with van der Waals surface area (Å²) in [5.41, 5.74) is 1.21. The smallest absolute Gasteiger partial charge is 0.246 e. The Balaban J connectivity index is 2.02. The van der Waals surface area contributed by atoms with Crippen LogP contribution >= 0.6 is 0 Å². The fourth-order valence-electron chi connectivity index (χ4n) is 4.36. The van der Waals surface area contributed by atoms with E-state index < -0.39 is 0 Å². The zero-order valence-corrected chi connectivity index (χ0v) is 14.4. The van der Waals surface area contributed by atoms with Gasteiger partial charge in [-0.1, -0.05) is 49.8 Å². The second-order valence-corrected chi connectivity index (χ2v) is 6.83. The van der Waals surface area contributed by atoms with E-state index in [0.29, 0.717) is 6.54 Å². The molecule has 2 aliphatic rings. The molecular formula is C20H26N2O2. The zero-order valence-electron chi connectivity index (χ0n) is 14.4. The van der Waals surface area contributed by atoms with Gasteiger partial charge >= 0.3 is 0 Å². The molecule has 0 bridgehead atoms. The lowest BCUT2D eigenvalue weighted by Gasteiger charge is -2.38. The summed E-state index contributed by atoms with van der Waals surface area (Å²) in [5, 5.41) is 0. The van der Waals surface area contributed by atoms with Gasteiger partial charge in [0.15, 0.2) is 0 Å². The Labute approximate surface area is 144 Å². The van der Waals surface area contributed by atoms with Gasteiger partial charge < -0.3 is 9.80 Å². The molecule has 2 fully saturated rings. The molecule has 4 heteroatoms. The van der Waals surface area contributed by atoms with E-state index in [1.807, 2.05) is 28.0 Å². The third kappa shape index (κ3) is 3.10. The first-order valence-corrected chi connectivity index (χ1v) is 8.88. The van der Waals surface area contributed by atoms with Crippen LogP contribution in [0.4, 0.5) is 0 Å². The van der Waals surface area contributed by atoms with E-state index >= 15 is 0 Å². The minimum absolute atomic E-state index is 0.0208. The molecule has 0 saturated carbocycles. The topological polar surface area (TPSA) is 40.6 Å². The minimum Gasteiger partial charge on any atom is -0.337 e. The number of rotatable bonds is 2. The standard InChI is InChI=1S/C20H26N2O2/c1-3-19(24)22-14-17(16-10-6-4-7-11-16)20-18(22)12-8-5-9-13-21(20)15(2)23/h3-4,6-7,10-11,17-18,20H,1,5,8-9,12-14H2,2H3/t17-,18-,20-/m0/s1. The van der Waals surface area contributed by atoms with E-state index in [4.69, 9.17) is 0 Å². The molecule has 2 heterocycles. The van der Waals surface area contributed by atoms with Gasteiger partial charge in [0.2, 0.25) is 11.8 Å². The van der Waals surface area contributed by atoms with Gasteiger partial charge in [-0.3, -0.25) is 9.59 Å². The van der Waals surface area contributed by atoms with Crippen LogP contribution in [0.15, 0.2) is 43.0 Å². The Morgan fingerprint density at radius 3 is 2.54 bits per heavy atom. The zero-order chi connectivity index (χ0) is 17.1. The molecular weight excluding hydrogens is 300 g/mol. The third-order valence-corrected chi connectivity index (χ3v) is 5.45. The van der Waals surface area contributed by atoms with E-state index in [1.54, 1.807) is 6.92 Å². The maximum atomic E-state index is 12.4. The molecule has 0 unspecified atom stereocenters. The number of hydrogen-bond acceptors (Lipinski definition) is 2. The van der Waals surface area contributed by atoms with Crippen LogP contribution in [0.3, 0.4) is 0 Å². The van der Waals surface area contributed by atoms with Crippen LogP contribution in [0, 0.1) is 0 Å². The van der Waals surface area contributed by atoms with Crippen molar-refractivity contribution in [3.63, 3.8) is 0 Å². The molecule has 0 aromatic heterocycles. The number of likely N-dealkylation sites (tertiary alicyclic amines) is 2. The van der Waals surface area contributed by atoms with Crippen LogP contribution in [0.25, 0.3) is 0 Å². The maximum Gasteiger partial charge on any atom is 0.246 e. The SMILES string of the molecule is C=CC(=O)N1C[C@@H](c2ccccc2)[C@H]2[C@@H]1CCCCCN2C(C)=O. The monoisotopic (exact) mass is 326 g/mol. The predicted molar refractivity (Wildman–Crippen MR) is 94.5 cm³/mol. The summed E-state index contributed by atoms with van der Waals surface area (Å²) in [6.45, 7) is 6.76. The fourth-order valence-corrected chi connectivity index (χ4v) is 4.36. The van der Waals surface area contributed by atoms with Crippen molar-refractivity contribution in [2.24, 2.45) is 0 Å². The van der Waals surface area contributed by atoms with E-state index in [1.165, 1.54) is 11.6 Å². The molecule has 2 amide bonds. The number of carbonyl (C=O) groups excluding carboxylic acids is 2. The van der Waals surface area contributed by atoms with Crippen molar-refractivity contribution in [3.05, 3.63) is 48.6 Å². The molecule has 1 aromatic rings. The van der Waals surface area contributed by atoms with Crippen molar-refractivity contribution in [3.8, 4) is 0 Å². The summed E-state index contributed by atoms with van der Waals surface area (Å²) in [6.07, 6.45) is 5.62. The van der Waals surface area contributed by atoms with Crippen molar-refractivity contribution in [2.45, 2.75) is 50.6 Å². The van der Waals surface area contributed by atoms with Crippen molar-refractivity contribution in [1.82, 2.24) is 9.80 Å². The largest absolute Gasteiger partial charge is 0.337 e. The molecule has 0 N–H and O–H groups in total. The summed E-state index contributed by atoms with van der Waals surface area (Å²) in [6, 6.07) is 10.4. The van der Waals surface area contributed by atoms with Crippen LogP contribution in [0.2, 0.25) is 0 Å². The second kappa shape index (κ2) is 7.20. The predicted octanol–water partition coefficient (Wildman–Crippen LogP) is 2.96. The van der Waals surface area contributed by atoms with Gasteiger partial charge in [0.25, 0.3) is 0 Å². The van der Waals surface area contributed by atoms with Crippen LogP contribution in [-0.2, 0) is 9.59 Å². The number of fused-ring (bicyclic) bond motifs is 1. The maximum absolute atomic E-state index is 12.4. The van der Waals surface area contributed by atoms with E-state index in [2.05, 4.69) is 18.7 Å². The summed E-state index contributed by atoms with van der Waals surface area (Å²) in [7, 11) is 0. The van der Waals surface area contributed by atoms with E-state index in [0.717, 1.165) is 32.2 Å². The van der Waals surface area contributed by atoms with Crippen molar-refractivity contribution in [1.29, 1.82) is 0 Å². The second-order valence-electron chi connectivity index (χ2n) is 6.83. The Hall–Kier alpha value is -2.10. The van der Waals surface area contributed by atoms with E-state index in [-0.39, 0.29) is 29.8 Å². The van der Waals surface area contributed by atoms with Crippen LogP contribution < -0.4 is 0 Å². The molecule has 0 radical (unpaired) electrons. The molecule has 0 aliphatic carbocycles. The molecule has 1 aromatic carbocycles. The number of amides is 2. The van der Waals surface area contributed by atoms with Crippen LogP contribution in [0.5, 0.6) is 0 Å². The highest BCUT2D eigenvalue weighted by atomic mass is 16.2. The summed E-state index contributed by atoms with van der Waals surface area (Å²) in [5.74, 6) is 0.260. The quantitative estimate of drug-likeness (QED) is 0.784. The lowest BCUT2D eigenvalue weighted by Crippen LogP contribution is -2.50. The first-order valence-electron chi connectivity index (χ1n) is 8.88. The normalized spacial score (nSPS) is 27.1. The molecule has 2 aliphatic heterocycles. The van der Waals surface area contributed by atoms with Crippen LogP contribution in [-0.4, -0.2) is 46.8 Å². The molecule has 24 heavy (non-hydrogen) atoms. The molecule has 3 rings (SSSR count). The fraction of sp³-hybridized carbons (Fsp3) is 0.500. The molecule has 0 spiro atoms. The number of nitrogens with zero attached hydrogens (tertiary/aromatic N) is 2. The first kappa shape index (κ1) is 16.7. The molecule has 3 atom stereocenters. The van der Waals surface area contributed by atoms with Crippen LogP contribution in [0.1, 0.15) is 44.1 Å². The third-order valence-electron chi connectivity index (χ3n) is 5.45. The van der Waals surface area contributed by atoms with E-state index in [9.17, 15) is 9.59 Å². The Morgan fingerprint density at radius 2 is 1.88 bits per heavy atom. The summed E-state index contributed by atoms with van der Waals surface area (Å²) < 4.78 is 0. The van der Waals surface area contributed by atoms with Crippen molar-refractivity contribution >= 4 is 11.8 Å². The van der Waals surface area contributed by atoms with Gasteiger partial charge in [-0.15, -0.1) is 0 Å². The molecule has 4 nitrogen and oxygen atoms in total. The van der Waals surface area contributed by atoms with Gasteiger partial charge in [0.1, 0.15) is 0 Å². The lowest BCUT2D eigenvalue weighted by atomic mass is 9.87. The van der Waals surface area contributed by atoms with Crippen molar-refractivity contribution in [2.75, 3.05) is 13.1 Å². The van der Waals surface area contributed by atoms with Gasteiger partial charge in [-0.25, -0.2) is 0 Å². The van der Waals surface area contributed by atoms with Crippen molar-refractivity contribution < 1.29 is 9.59 Å². The number of carbonyl (C=O) groups is 2. The average molecular weight is 326 g/mol. The Morgan fingerprint density at radius 1 is 1.12 bits per heavy atom. The van der Waals surface area contributed by atoms with Gasteiger partial charge in [-0.05, 0) is 24.5 Å². The highest BCUT2D eigenvalue weighted by molar-refractivity contribution is 5.88.